The molecule has 1 atom stereocenters. The van der Waals surface area contributed by atoms with Crippen LogP contribution in [0.3, 0.4) is 0 Å². The van der Waals surface area contributed by atoms with E-state index in [2.05, 4.69) is 15.6 Å². The molecule has 21 heavy (non-hydrogen) atoms. The molecule has 1 saturated carbocycles. The summed E-state index contributed by atoms with van der Waals surface area (Å²) >= 11 is 1.41. The molecule has 0 spiro atoms. The van der Waals surface area contributed by atoms with E-state index in [0.717, 1.165) is 5.69 Å². The number of carbonyl (C=O) groups is 2. The minimum absolute atomic E-state index is 0.288. The van der Waals surface area contributed by atoms with Crippen molar-refractivity contribution in [2.75, 3.05) is 5.32 Å². The summed E-state index contributed by atoms with van der Waals surface area (Å²) in [6.07, 6.45) is 5.10. The lowest BCUT2D eigenvalue weighted by molar-refractivity contribution is -0.117. The summed E-state index contributed by atoms with van der Waals surface area (Å²) in [4.78, 5) is 28.2. The lowest BCUT2D eigenvalue weighted by Crippen LogP contribution is -2.41. The Morgan fingerprint density at radius 3 is 2.95 bits per heavy atom. The van der Waals surface area contributed by atoms with Crippen molar-refractivity contribution in [3.05, 3.63) is 35.2 Å². The van der Waals surface area contributed by atoms with Crippen molar-refractivity contribution in [3.8, 4) is 0 Å². The Bertz CT molecular complexity index is 646. The molecule has 6 nitrogen and oxygen atoms in total. The van der Waals surface area contributed by atoms with E-state index in [1.165, 1.54) is 36.7 Å². The molecular formula is C14H15N3O3S. The van der Waals surface area contributed by atoms with Crippen molar-refractivity contribution in [3.63, 3.8) is 0 Å². The minimum atomic E-state index is -0.652. The van der Waals surface area contributed by atoms with Gasteiger partial charge in [0.05, 0.1) is 17.5 Å². The Morgan fingerprint density at radius 1 is 1.48 bits per heavy atom. The first-order valence-corrected chi connectivity index (χ1v) is 7.61. The highest BCUT2D eigenvalue weighted by Crippen LogP contribution is 2.40. The SMILES string of the molecule is CC(NC(=O)c1ccoc1)C(=O)Nc1nc(C2CC2)cs1. The van der Waals surface area contributed by atoms with Gasteiger partial charge in [0.2, 0.25) is 5.91 Å². The lowest BCUT2D eigenvalue weighted by atomic mass is 10.2. The van der Waals surface area contributed by atoms with E-state index in [-0.39, 0.29) is 11.8 Å². The zero-order valence-corrected chi connectivity index (χ0v) is 12.3. The molecule has 3 rings (SSSR count). The molecule has 1 unspecified atom stereocenters. The minimum Gasteiger partial charge on any atom is -0.472 e. The Morgan fingerprint density at radius 2 is 2.29 bits per heavy atom. The summed E-state index contributed by atoms with van der Waals surface area (Å²) in [7, 11) is 0. The van der Waals surface area contributed by atoms with Gasteiger partial charge in [-0.05, 0) is 25.8 Å². The number of carbonyl (C=O) groups excluding carboxylic acids is 2. The van der Waals surface area contributed by atoms with Crippen LogP contribution < -0.4 is 10.6 Å². The van der Waals surface area contributed by atoms with Crippen LogP contribution >= 0.6 is 11.3 Å². The molecule has 2 aromatic rings. The largest absolute Gasteiger partial charge is 0.472 e. The Hall–Kier alpha value is -2.15. The number of nitrogens with one attached hydrogen (secondary N) is 2. The third kappa shape index (κ3) is 3.30. The van der Waals surface area contributed by atoms with Gasteiger partial charge in [0, 0.05) is 11.3 Å². The van der Waals surface area contributed by atoms with Crippen molar-refractivity contribution in [2.45, 2.75) is 31.7 Å². The smallest absolute Gasteiger partial charge is 0.255 e. The third-order valence-corrected chi connectivity index (χ3v) is 4.05. The molecule has 0 saturated heterocycles. The maximum absolute atomic E-state index is 12.0. The summed E-state index contributed by atoms with van der Waals surface area (Å²) in [6.45, 7) is 1.63. The molecule has 2 heterocycles. The van der Waals surface area contributed by atoms with Gasteiger partial charge in [-0.1, -0.05) is 0 Å². The quantitative estimate of drug-likeness (QED) is 0.888. The predicted octanol–water partition coefficient (Wildman–Crippen LogP) is 2.37. The first-order valence-electron chi connectivity index (χ1n) is 6.73. The van der Waals surface area contributed by atoms with Crippen molar-refractivity contribution in [1.82, 2.24) is 10.3 Å². The number of nitrogens with zero attached hydrogens (tertiary/aromatic N) is 1. The van der Waals surface area contributed by atoms with Gasteiger partial charge in [0.1, 0.15) is 12.3 Å². The van der Waals surface area contributed by atoms with Crippen LogP contribution in [-0.4, -0.2) is 22.8 Å². The van der Waals surface area contributed by atoms with Gasteiger partial charge >= 0.3 is 0 Å². The van der Waals surface area contributed by atoms with E-state index in [4.69, 9.17) is 4.42 Å². The summed E-state index contributed by atoms with van der Waals surface area (Å²) in [6, 6.07) is 0.892. The molecule has 110 valence electrons. The van der Waals surface area contributed by atoms with Crippen molar-refractivity contribution >= 4 is 28.3 Å². The van der Waals surface area contributed by atoms with Crippen LogP contribution in [-0.2, 0) is 4.79 Å². The predicted molar refractivity (Wildman–Crippen MR) is 78.4 cm³/mol. The number of hydrogen-bond donors (Lipinski definition) is 2. The van der Waals surface area contributed by atoms with E-state index in [0.29, 0.717) is 16.6 Å². The summed E-state index contributed by atoms with van der Waals surface area (Å²) in [5.74, 6) is -0.0714. The van der Waals surface area contributed by atoms with E-state index in [1.54, 1.807) is 13.0 Å². The van der Waals surface area contributed by atoms with Crippen LogP contribution in [0.15, 0.2) is 28.4 Å². The second-order valence-electron chi connectivity index (χ2n) is 5.05. The van der Waals surface area contributed by atoms with Gasteiger partial charge in [0.25, 0.3) is 5.91 Å². The standard InChI is InChI=1S/C14H15N3O3S/c1-8(15-13(19)10-4-5-20-6-10)12(18)17-14-16-11(7-21-14)9-2-3-9/h4-9H,2-3H2,1H3,(H,15,19)(H,16,17,18). The van der Waals surface area contributed by atoms with Crippen LogP contribution in [0.2, 0.25) is 0 Å². The van der Waals surface area contributed by atoms with Crippen molar-refractivity contribution < 1.29 is 14.0 Å². The molecule has 0 aliphatic heterocycles. The van der Waals surface area contributed by atoms with E-state index in [1.807, 2.05) is 5.38 Å². The van der Waals surface area contributed by atoms with Crippen LogP contribution in [0, 0.1) is 0 Å². The van der Waals surface area contributed by atoms with Gasteiger partial charge in [-0.25, -0.2) is 4.98 Å². The molecule has 2 N–H and O–H groups in total. The summed E-state index contributed by atoms with van der Waals surface area (Å²) in [5, 5.41) is 7.89. The number of aromatic nitrogens is 1. The maximum atomic E-state index is 12.0. The fourth-order valence-corrected chi connectivity index (χ4v) is 2.66. The molecule has 2 aromatic heterocycles. The fourth-order valence-electron chi connectivity index (χ4n) is 1.86. The Labute approximate surface area is 125 Å². The highest BCUT2D eigenvalue weighted by molar-refractivity contribution is 7.13. The van der Waals surface area contributed by atoms with Crippen LogP contribution in [0.4, 0.5) is 5.13 Å². The first-order chi connectivity index (χ1) is 10.1. The number of rotatable bonds is 5. The second-order valence-corrected chi connectivity index (χ2v) is 5.91. The highest BCUT2D eigenvalue weighted by atomic mass is 32.1. The Kier molecular flexibility index (Phi) is 3.74. The number of thiazole rings is 1. The number of furan rings is 1. The molecule has 7 heteroatoms. The maximum Gasteiger partial charge on any atom is 0.255 e. The van der Waals surface area contributed by atoms with Crippen LogP contribution in [0.5, 0.6) is 0 Å². The monoisotopic (exact) mass is 305 g/mol. The average molecular weight is 305 g/mol. The van der Waals surface area contributed by atoms with Gasteiger partial charge in [0.15, 0.2) is 5.13 Å². The van der Waals surface area contributed by atoms with Gasteiger partial charge in [-0.15, -0.1) is 11.3 Å². The molecular weight excluding hydrogens is 290 g/mol. The molecule has 1 aliphatic carbocycles. The number of amides is 2. The average Bonchev–Trinajstić information content (AvgIpc) is 2.99. The normalized spacial score (nSPS) is 15.5. The van der Waals surface area contributed by atoms with Gasteiger partial charge in [-0.3, -0.25) is 9.59 Å². The molecule has 0 radical (unpaired) electrons. The van der Waals surface area contributed by atoms with Crippen LogP contribution in [0.1, 0.15) is 41.7 Å². The highest BCUT2D eigenvalue weighted by Gasteiger charge is 2.26. The molecule has 0 aromatic carbocycles. The molecule has 1 aliphatic rings. The summed E-state index contributed by atoms with van der Waals surface area (Å²) in [5.41, 5.74) is 1.44. The number of anilines is 1. The summed E-state index contributed by atoms with van der Waals surface area (Å²) < 4.78 is 4.83. The van der Waals surface area contributed by atoms with Crippen molar-refractivity contribution in [1.29, 1.82) is 0 Å². The molecule has 1 fully saturated rings. The van der Waals surface area contributed by atoms with Gasteiger partial charge < -0.3 is 15.1 Å². The van der Waals surface area contributed by atoms with Crippen LogP contribution in [0.25, 0.3) is 0 Å². The molecule has 0 bridgehead atoms. The third-order valence-electron chi connectivity index (χ3n) is 3.27. The topological polar surface area (TPSA) is 84.2 Å². The van der Waals surface area contributed by atoms with E-state index in [9.17, 15) is 9.59 Å². The fraction of sp³-hybridized carbons (Fsp3) is 0.357. The number of hydrogen-bond acceptors (Lipinski definition) is 5. The molecule has 2 amide bonds. The van der Waals surface area contributed by atoms with Gasteiger partial charge in [-0.2, -0.15) is 0 Å². The second kappa shape index (κ2) is 5.69. The first kappa shape index (κ1) is 13.8. The van der Waals surface area contributed by atoms with Crippen molar-refractivity contribution in [2.24, 2.45) is 0 Å². The Balaban J connectivity index is 1.55. The van der Waals surface area contributed by atoms with E-state index < -0.39 is 6.04 Å². The zero-order chi connectivity index (χ0) is 14.8. The van der Waals surface area contributed by atoms with E-state index >= 15 is 0 Å². The lowest BCUT2D eigenvalue weighted by Gasteiger charge is -2.12. The zero-order valence-electron chi connectivity index (χ0n) is 11.5.